The highest BCUT2D eigenvalue weighted by atomic mass is 15.4. The standard InChI is InChI=1S/C18H24N6/c1-2-16-15-18(24-17(20-16)5-6-19-24)23-13-11-22(12-14-23)10-9-21-7-3-4-8-21/h3-8,15H,2,9-14H2,1H3. The lowest BCUT2D eigenvalue weighted by Crippen LogP contribution is -2.47. The van der Waals surface area contributed by atoms with Crippen molar-refractivity contribution >= 4 is 11.5 Å². The summed E-state index contributed by atoms with van der Waals surface area (Å²) in [6, 6.07) is 8.34. The minimum absolute atomic E-state index is 0.944. The van der Waals surface area contributed by atoms with Gasteiger partial charge in [-0.2, -0.15) is 9.61 Å². The maximum Gasteiger partial charge on any atom is 0.157 e. The minimum atomic E-state index is 0.944. The molecule has 0 saturated carbocycles. The van der Waals surface area contributed by atoms with Gasteiger partial charge < -0.3 is 9.47 Å². The summed E-state index contributed by atoms with van der Waals surface area (Å²) in [4.78, 5) is 9.62. The van der Waals surface area contributed by atoms with Crippen molar-refractivity contribution in [2.45, 2.75) is 19.9 Å². The van der Waals surface area contributed by atoms with Crippen molar-refractivity contribution in [1.82, 2.24) is 24.1 Å². The van der Waals surface area contributed by atoms with Crippen LogP contribution in [0.2, 0.25) is 0 Å². The zero-order chi connectivity index (χ0) is 16.4. The first kappa shape index (κ1) is 15.2. The Morgan fingerprint density at radius 3 is 2.58 bits per heavy atom. The largest absolute Gasteiger partial charge is 0.354 e. The Hall–Kier alpha value is -2.34. The maximum absolute atomic E-state index is 4.64. The van der Waals surface area contributed by atoms with E-state index in [0.717, 1.165) is 57.0 Å². The van der Waals surface area contributed by atoms with Crippen molar-refractivity contribution in [2.24, 2.45) is 0 Å². The molecule has 0 spiro atoms. The lowest BCUT2D eigenvalue weighted by atomic mass is 10.2. The molecular weight excluding hydrogens is 300 g/mol. The second-order valence-corrected chi connectivity index (χ2v) is 6.31. The van der Waals surface area contributed by atoms with Crippen molar-refractivity contribution in [3.63, 3.8) is 0 Å². The summed E-state index contributed by atoms with van der Waals surface area (Å²) >= 11 is 0. The van der Waals surface area contributed by atoms with Crippen LogP contribution in [0.3, 0.4) is 0 Å². The second kappa shape index (κ2) is 6.65. The fourth-order valence-electron chi connectivity index (χ4n) is 3.33. The highest BCUT2D eigenvalue weighted by Gasteiger charge is 2.20. The van der Waals surface area contributed by atoms with Gasteiger partial charge in [-0.3, -0.25) is 4.90 Å². The molecule has 0 aromatic carbocycles. The predicted octanol–water partition coefficient (Wildman–Crippen LogP) is 1.92. The molecule has 0 atom stereocenters. The van der Waals surface area contributed by atoms with E-state index < -0.39 is 0 Å². The Balaban J connectivity index is 1.43. The average Bonchev–Trinajstić information content (AvgIpc) is 3.31. The van der Waals surface area contributed by atoms with Crippen LogP contribution in [-0.4, -0.2) is 56.8 Å². The lowest BCUT2D eigenvalue weighted by molar-refractivity contribution is 0.247. The van der Waals surface area contributed by atoms with Gasteiger partial charge in [0.1, 0.15) is 5.82 Å². The molecule has 1 saturated heterocycles. The maximum atomic E-state index is 4.64. The molecule has 4 rings (SSSR count). The van der Waals surface area contributed by atoms with Crippen molar-refractivity contribution in [1.29, 1.82) is 0 Å². The van der Waals surface area contributed by atoms with Gasteiger partial charge in [0, 0.05) is 69.5 Å². The van der Waals surface area contributed by atoms with Gasteiger partial charge in [0.05, 0.1) is 6.20 Å². The number of hydrogen-bond donors (Lipinski definition) is 0. The van der Waals surface area contributed by atoms with Gasteiger partial charge in [-0.25, -0.2) is 4.98 Å². The molecule has 1 fully saturated rings. The van der Waals surface area contributed by atoms with Crippen molar-refractivity contribution < 1.29 is 0 Å². The van der Waals surface area contributed by atoms with E-state index in [-0.39, 0.29) is 0 Å². The van der Waals surface area contributed by atoms with E-state index in [1.807, 2.05) is 16.8 Å². The lowest BCUT2D eigenvalue weighted by Gasteiger charge is -2.36. The summed E-state index contributed by atoms with van der Waals surface area (Å²) in [5, 5.41) is 4.45. The van der Waals surface area contributed by atoms with Gasteiger partial charge in [0.2, 0.25) is 0 Å². The van der Waals surface area contributed by atoms with E-state index in [1.54, 1.807) is 0 Å². The van der Waals surface area contributed by atoms with Crippen LogP contribution in [0.1, 0.15) is 12.6 Å². The molecule has 1 aliphatic heterocycles. The predicted molar refractivity (Wildman–Crippen MR) is 95.5 cm³/mol. The van der Waals surface area contributed by atoms with Crippen LogP contribution >= 0.6 is 0 Å². The highest BCUT2D eigenvalue weighted by Crippen LogP contribution is 2.19. The molecule has 6 nitrogen and oxygen atoms in total. The molecule has 126 valence electrons. The third kappa shape index (κ3) is 3.01. The molecule has 6 heteroatoms. The zero-order valence-corrected chi connectivity index (χ0v) is 14.2. The van der Waals surface area contributed by atoms with E-state index in [9.17, 15) is 0 Å². The molecule has 3 aromatic heterocycles. The molecule has 3 aromatic rings. The minimum Gasteiger partial charge on any atom is -0.354 e. The van der Waals surface area contributed by atoms with E-state index in [0.29, 0.717) is 0 Å². The zero-order valence-electron chi connectivity index (χ0n) is 14.2. The van der Waals surface area contributed by atoms with E-state index in [2.05, 4.69) is 62.0 Å². The van der Waals surface area contributed by atoms with Crippen molar-refractivity contribution in [2.75, 3.05) is 37.6 Å². The smallest absolute Gasteiger partial charge is 0.157 e. The molecule has 0 aliphatic carbocycles. The number of aromatic nitrogens is 4. The number of piperazine rings is 1. The van der Waals surface area contributed by atoms with E-state index in [1.165, 1.54) is 5.82 Å². The van der Waals surface area contributed by atoms with Gasteiger partial charge in [0.15, 0.2) is 5.65 Å². The fourth-order valence-corrected chi connectivity index (χ4v) is 3.33. The molecule has 0 unspecified atom stereocenters. The van der Waals surface area contributed by atoms with Crippen LogP contribution in [0.4, 0.5) is 5.82 Å². The van der Waals surface area contributed by atoms with Crippen LogP contribution in [0.15, 0.2) is 42.9 Å². The number of aryl methyl sites for hydroxylation is 1. The number of anilines is 1. The van der Waals surface area contributed by atoms with Gasteiger partial charge >= 0.3 is 0 Å². The molecule has 24 heavy (non-hydrogen) atoms. The van der Waals surface area contributed by atoms with Crippen molar-refractivity contribution in [3.8, 4) is 0 Å². The van der Waals surface area contributed by atoms with Gasteiger partial charge in [0.25, 0.3) is 0 Å². The van der Waals surface area contributed by atoms with Crippen molar-refractivity contribution in [3.05, 3.63) is 48.5 Å². The van der Waals surface area contributed by atoms with Crippen LogP contribution < -0.4 is 4.90 Å². The third-order valence-electron chi connectivity index (χ3n) is 4.79. The van der Waals surface area contributed by atoms with E-state index in [4.69, 9.17) is 0 Å². The SMILES string of the molecule is CCc1cc(N2CCN(CCn3cccc3)CC2)n2nccc2n1. The Bertz CT molecular complexity index is 783. The van der Waals surface area contributed by atoms with Crippen LogP contribution in [-0.2, 0) is 13.0 Å². The van der Waals surface area contributed by atoms with Gasteiger partial charge in [-0.05, 0) is 18.6 Å². The number of rotatable bonds is 5. The number of nitrogens with zero attached hydrogens (tertiary/aromatic N) is 6. The van der Waals surface area contributed by atoms with Crippen LogP contribution in [0, 0.1) is 0 Å². The molecular formula is C18H24N6. The first-order chi connectivity index (χ1) is 11.8. The average molecular weight is 324 g/mol. The molecule has 0 N–H and O–H groups in total. The Labute approximate surface area is 142 Å². The molecule has 4 heterocycles. The van der Waals surface area contributed by atoms with Crippen LogP contribution in [0.25, 0.3) is 5.65 Å². The Morgan fingerprint density at radius 1 is 1.04 bits per heavy atom. The number of fused-ring (bicyclic) bond motifs is 1. The summed E-state index contributed by atoms with van der Waals surface area (Å²) < 4.78 is 4.21. The van der Waals surface area contributed by atoms with E-state index >= 15 is 0 Å². The van der Waals surface area contributed by atoms with Gasteiger partial charge in [-0.15, -0.1) is 0 Å². The summed E-state index contributed by atoms with van der Waals surface area (Å²) in [5.74, 6) is 1.17. The summed E-state index contributed by atoms with van der Waals surface area (Å²) in [6.07, 6.45) is 7.05. The molecule has 0 bridgehead atoms. The summed E-state index contributed by atoms with van der Waals surface area (Å²) in [5.41, 5.74) is 2.08. The summed E-state index contributed by atoms with van der Waals surface area (Å²) in [7, 11) is 0. The second-order valence-electron chi connectivity index (χ2n) is 6.31. The number of hydrogen-bond acceptors (Lipinski definition) is 4. The summed E-state index contributed by atoms with van der Waals surface area (Å²) in [6.45, 7) is 8.57. The molecule has 0 amide bonds. The topological polar surface area (TPSA) is 41.6 Å². The van der Waals surface area contributed by atoms with Crippen LogP contribution in [0.5, 0.6) is 0 Å². The normalized spacial score (nSPS) is 16.1. The Morgan fingerprint density at radius 2 is 1.83 bits per heavy atom. The Kier molecular flexibility index (Phi) is 4.21. The molecule has 1 aliphatic rings. The highest BCUT2D eigenvalue weighted by molar-refractivity contribution is 5.51. The monoisotopic (exact) mass is 324 g/mol. The first-order valence-corrected chi connectivity index (χ1v) is 8.75. The fraction of sp³-hybridized carbons (Fsp3) is 0.444. The third-order valence-corrected chi connectivity index (χ3v) is 4.79. The quantitative estimate of drug-likeness (QED) is 0.719. The first-order valence-electron chi connectivity index (χ1n) is 8.75. The van der Waals surface area contributed by atoms with Gasteiger partial charge in [-0.1, -0.05) is 6.92 Å². The molecule has 0 radical (unpaired) electrons.